The van der Waals surface area contributed by atoms with Crippen molar-refractivity contribution < 1.29 is 5.11 Å². The Morgan fingerprint density at radius 3 is 2.71 bits per heavy atom. The van der Waals surface area contributed by atoms with Gasteiger partial charge in [0.1, 0.15) is 0 Å². The van der Waals surface area contributed by atoms with Crippen LogP contribution in [0.5, 0.6) is 0 Å². The molecule has 0 aliphatic carbocycles. The molecule has 0 aromatic rings. The van der Waals surface area contributed by atoms with E-state index in [9.17, 15) is 5.11 Å². The molecule has 1 saturated heterocycles. The van der Waals surface area contributed by atoms with Gasteiger partial charge in [-0.05, 0) is 38.6 Å². The number of rotatable bonds is 6. The molecular weight excluding hydrogens is 212 g/mol. The van der Waals surface area contributed by atoms with Crippen LogP contribution in [0.25, 0.3) is 0 Å². The van der Waals surface area contributed by atoms with Gasteiger partial charge in [0.25, 0.3) is 0 Å². The molecule has 3 unspecified atom stereocenters. The first-order valence-electron chi connectivity index (χ1n) is 7.24. The van der Waals surface area contributed by atoms with Gasteiger partial charge in [-0.15, -0.1) is 0 Å². The zero-order valence-electron chi connectivity index (χ0n) is 11.7. The number of nitrogens with one attached hydrogen (secondary N) is 2. The molecule has 1 rings (SSSR count). The highest BCUT2D eigenvalue weighted by Gasteiger charge is 2.16. The fourth-order valence-corrected chi connectivity index (χ4v) is 2.37. The Hall–Kier alpha value is -0.120. The maximum Gasteiger partial charge on any atom is 0.0687 e. The molecule has 0 saturated carbocycles. The minimum absolute atomic E-state index is 0.223. The molecular formula is C14H30N2O. The van der Waals surface area contributed by atoms with Gasteiger partial charge < -0.3 is 15.7 Å². The minimum Gasteiger partial charge on any atom is -0.392 e. The minimum atomic E-state index is -0.223. The Morgan fingerprint density at radius 1 is 1.24 bits per heavy atom. The molecule has 3 heteroatoms. The molecule has 3 nitrogen and oxygen atoms in total. The Kier molecular flexibility index (Phi) is 7.09. The standard InChI is InChI=1S/C14H30N2O/c1-11(2)14(17)10-16-12(3)9-13-7-5-4-6-8-15-13/h11-17H,4-10H2,1-3H3. The molecule has 0 amide bonds. The number of aliphatic hydroxyl groups is 1. The second-order valence-corrected chi connectivity index (χ2v) is 5.86. The third kappa shape index (κ3) is 6.39. The third-order valence-electron chi connectivity index (χ3n) is 3.75. The van der Waals surface area contributed by atoms with E-state index in [1.54, 1.807) is 0 Å². The van der Waals surface area contributed by atoms with Crippen LogP contribution in [-0.4, -0.2) is 36.4 Å². The average Bonchev–Trinajstić information content (AvgIpc) is 2.54. The van der Waals surface area contributed by atoms with Crippen molar-refractivity contribution in [2.75, 3.05) is 13.1 Å². The molecule has 1 aliphatic rings. The maximum absolute atomic E-state index is 9.75. The second kappa shape index (κ2) is 8.06. The lowest BCUT2D eigenvalue weighted by Gasteiger charge is -2.23. The Balaban J connectivity index is 2.16. The first-order chi connectivity index (χ1) is 8.09. The predicted molar refractivity (Wildman–Crippen MR) is 73.2 cm³/mol. The summed E-state index contributed by atoms with van der Waals surface area (Å²) < 4.78 is 0. The molecule has 1 heterocycles. The molecule has 0 aromatic carbocycles. The van der Waals surface area contributed by atoms with Crippen molar-refractivity contribution in [3.63, 3.8) is 0 Å². The summed E-state index contributed by atoms with van der Waals surface area (Å²) in [5.74, 6) is 0.339. The highest BCUT2D eigenvalue weighted by atomic mass is 16.3. The quantitative estimate of drug-likeness (QED) is 0.666. The van der Waals surface area contributed by atoms with Crippen molar-refractivity contribution in [1.29, 1.82) is 0 Å². The maximum atomic E-state index is 9.75. The van der Waals surface area contributed by atoms with Crippen molar-refractivity contribution in [3.05, 3.63) is 0 Å². The van der Waals surface area contributed by atoms with E-state index in [-0.39, 0.29) is 6.10 Å². The second-order valence-electron chi connectivity index (χ2n) is 5.86. The van der Waals surface area contributed by atoms with Crippen LogP contribution in [-0.2, 0) is 0 Å². The summed E-state index contributed by atoms with van der Waals surface area (Å²) in [6.45, 7) is 8.23. The molecule has 0 spiro atoms. The summed E-state index contributed by atoms with van der Waals surface area (Å²) in [6, 6.07) is 1.15. The first kappa shape index (κ1) is 14.9. The molecule has 0 aromatic heterocycles. The molecule has 3 N–H and O–H groups in total. The fourth-order valence-electron chi connectivity index (χ4n) is 2.37. The van der Waals surface area contributed by atoms with Gasteiger partial charge in [0, 0.05) is 18.6 Å². The zero-order valence-corrected chi connectivity index (χ0v) is 11.7. The molecule has 3 atom stereocenters. The van der Waals surface area contributed by atoms with Crippen LogP contribution >= 0.6 is 0 Å². The third-order valence-corrected chi connectivity index (χ3v) is 3.75. The van der Waals surface area contributed by atoms with E-state index in [1.165, 1.54) is 38.6 Å². The van der Waals surface area contributed by atoms with Crippen molar-refractivity contribution in [2.45, 2.75) is 71.1 Å². The van der Waals surface area contributed by atoms with Crippen LogP contribution in [0.4, 0.5) is 0 Å². The van der Waals surface area contributed by atoms with Gasteiger partial charge in [0.15, 0.2) is 0 Å². The molecule has 1 aliphatic heterocycles. The summed E-state index contributed by atoms with van der Waals surface area (Å²) in [5.41, 5.74) is 0. The van der Waals surface area contributed by atoms with Gasteiger partial charge in [-0.3, -0.25) is 0 Å². The van der Waals surface area contributed by atoms with Gasteiger partial charge in [0.2, 0.25) is 0 Å². The predicted octanol–water partition coefficient (Wildman–Crippen LogP) is 1.90. The normalized spacial score (nSPS) is 25.6. The van der Waals surface area contributed by atoms with E-state index < -0.39 is 0 Å². The van der Waals surface area contributed by atoms with Crippen LogP contribution in [0, 0.1) is 5.92 Å². The summed E-state index contributed by atoms with van der Waals surface area (Å²) in [4.78, 5) is 0. The monoisotopic (exact) mass is 242 g/mol. The highest BCUT2D eigenvalue weighted by molar-refractivity contribution is 4.77. The van der Waals surface area contributed by atoms with E-state index in [1.807, 2.05) is 0 Å². The zero-order chi connectivity index (χ0) is 12.7. The van der Waals surface area contributed by atoms with Crippen LogP contribution in [0.15, 0.2) is 0 Å². The molecule has 102 valence electrons. The average molecular weight is 242 g/mol. The van der Waals surface area contributed by atoms with Crippen molar-refractivity contribution in [2.24, 2.45) is 5.92 Å². The summed E-state index contributed by atoms with van der Waals surface area (Å²) in [7, 11) is 0. The molecule has 17 heavy (non-hydrogen) atoms. The fraction of sp³-hybridized carbons (Fsp3) is 1.00. The molecule has 0 radical (unpaired) electrons. The Bertz CT molecular complexity index is 189. The molecule has 1 fully saturated rings. The lowest BCUT2D eigenvalue weighted by atomic mass is 10.0. The van der Waals surface area contributed by atoms with Gasteiger partial charge in [-0.25, -0.2) is 0 Å². The lowest BCUT2D eigenvalue weighted by Crippen LogP contribution is -2.40. The van der Waals surface area contributed by atoms with E-state index in [0.29, 0.717) is 24.5 Å². The SMILES string of the molecule is CC(CC1CCCCCN1)NCC(O)C(C)C. The highest BCUT2D eigenvalue weighted by Crippen LogP contribution is 2.12. The van der Waals surface area contributed by atoms with E-state index >= 15 is 0 Å². The topological polar surface area (TPSA) is 44.3 Å². The van der Waals surface area contributed by atoms with Crippen molar-refractivity contribution in [3.8, 4) is 0 Å². The van der Waals surface area contributed by atoms with Crippen molar-refractivity contribution in [1.82, 2.24) is 10.6 Å². The smallest absolute Gasteiger partial charge is 0.0687 e. The summed E-state index contributed by atoms with van der Waals surface area (Å²) >= 11 is 0. The van der Waals surface area contributed by atoms with Crippen LogP contribution in [0.1, 0.15) is 52.9 Å². The summed E-state index contributed by atoms with van der Waals surface area (Å²) in [5, 5.41) is 16.8. The largest absolute Gasteiger partial charge is 0.392 e. The summed E-state index contributed by atoms with van der Waals surface area (Å²) in [6.07, 6.45) is 6.31. The van der Waals surface area contributed by atoms with Gasteiger partial charge in [0.05, 0.1) is 6.10 Å². The first-order valence-corrected chi connectivity index (χ1v) is 7.24. The van der Waals surface area contributed by atoms with Gasteiger partial charge in [-0.2, -0.15) is 0 Å². The van der Waals surface area contributed by atoms with Gasteiger partial charge in [-0.1, -0.05) is 26.7 Å². The Morgan fingerprint density at radius 2 is 2.00 bits per heavy atom. The van der Waals surface area contributed by atoms with Crippen LogP contribution in [0.3, 0.4) is 0 Å². The molecule has 0 bridgehead atoms. The number of aliphatic hydroxyl groups excluding tert-OH is 1. The van der Waals surface area contributed by atoms with Crippen molar-refractivity contribution >= 4 is 0 Å². The van der Waals surface area contributed by atoms with E-state index in [0.717, 1.165) is 0 Å². The van der Waals surface area contributed by atoms with Crippen LogP contribution < -0.4 is 10.6 Å². The Labute approximate surface area is 106 Å². The number of hydrogen-bond donors (Lipinski definition) is 3. The lowest BCUT2D eigenvalue weighted by molar-refractivity contribution is 0.119. The van der Waals surface area contributed by atoms with E-state index in [4.69, 9.17) is 0 Å². The van der Waals surface area contributed by atoms with Gasteiger partial charge >= 0.3 is 0 Å². The van der Waals surface area contributed by atoms with E-state index in [2.05, 4.69) is 31.4 Å². The van der Waals surface area contributed by atoms with Crippen LogP contribution in [0.2, 0.25) is 0 Å². The number of hydrogen-bond acceptors (Lipinski definition) is 3.